The van der Waals surface area contributed by atoms with E-state index in [2.05, 4.69) is 5.32 Å². The predicted octanol–water partition coefficient (Wildman–Crippen LogP) is 2.48. The van der Waals surface area contributed by atoms with Gasteiger partial charge in [-0.25, -0.2) is 9.69 Å². The Hall–Kier alpha value is -2.70. The molecule has 26 heavy (non-hydrogen) atoms. The molecule has 7 nitrogen and oxygen atoms in total. The van der Waals surface area contributed by atoms with Gasteiger partial charge in [-0.05, 0) is 30.4 Å². The van der Waals surface area contributed by atoms with Crippen molar-refractivity contribution >= 4 is 29.4 Å². The van der Waals surface area contributed by atoms with Gasteiger partial charge in [-0.2, -0.15) is 0 Å². The number of carbonyl (C=O) groups excluding carboxylic acids is 4. The van der Waals surface area contributed by atoms with E-state index in [4.69, 9.17) is 0 Å². The van der Waals surface area contributed by atoms with Gasteiger partial charge in [0.15, 0.2) is 0 Å². The first-order chi connectivity index (χ1) is 12.4. The van der Waals surface area contributed by atoms with Crippen LogP contribution in [0.15, 0.2) is 24.3 Å². The van der Waals surface area contributed by atoms with Gasteiger partial charge in [0, 0.05) is 11.7 Å². The molecule has 1 aliphatic carbocycles. The fourth-order valence-electron chi connectivity index (χ4n) is 3.59. The largest absolute Gasteiger partial charge is 0.334 e. The molecule has 3 rings (SSSR count). The monoisotopic (exact) mass is 357 g/mol. The number of para-hydroxylation sites is 1. The van der Waals surface area contributed by atoms with Crippen LogP contribution in [0.5, 0.6) is 0 Å². The number of carbonyl (C=O) groups is 4. The van der Waals surface area contributed by atoms with Crippen LogP contribution in [0.2, 0.25) is 0 Å². The fourth-order valence-corrected chi connectivity index (χ4v) is 3.59. The van der Waals surface area contributed by atoms with Gasteiger partial charge in [0.2, 0.25) is 5.91 Å². The van der Waals surface area contributed by atoms with Crippen molar-refractivity contribution in [3.63, 3.8) is 0 Å². The molecule has 1 aromatic carbocycles. The topological polar surface area (TPSA) is 86.8 Å². The van der Waals surface area contributed by atoms with Crippen molar-refractivity contribution in [3.05, 3.63) is 29.8 Å². The van der Waals surface area contributed by atoms with Gasteiger partial charge in [0.05, 0.1) is 0 Å². The number of hydrogen-bond donors (Lipinski definition) is 1. The molecule has 1 N–H and O–H groups in total. The molecule has 1 heterocycles. The Bertz CT molecular complexity index is 753. The maximum Gasteiger partial charge on any atom is 0.334 e. The third-order valence-corrected chi connectivity index (χ3v) is 4.93. The maximum atomic E-state index is 12.5. The Morgan fingerprint density at radius 2 is 1.77 bits per heavy atom. The first-order valence-corrected chi connectivity index (χ1v) is 8.98. The van der Waals surface area contributed by atoms with Crippen LogP contribution < -0.4 is 5.32 Å². The van der Waals surface area contributed by atoms with Crippen LogP contribution in [0.3, 0.4) is 0 Å². The van der Waals surface area contributed by atoms with E-state index in [0.29, 0.717) is 18.5 Å². The number of nitrogens with one attached hydrogen (secondary N) is 1. The molecule has 7 heteroatoms. The smallest absolute Gasteiger partial charge is 0.324 e. The van der Waals surface area contributed by atoms with Crippen molar-refractivity contribution in [2.45, 2.75) is 51.5 Å². The molecule has 0 radical (unpaired) electrons. The molecule has 2 fully saturated rings. The molecule has 1 aromatic rings. The normalized spacial score (nSPS) is 18.3. The average molecular weight is 357 g/mol. The highest BCUT2D eigenvalue weighted by atomic mass is 16.2. The van der Waals surface area contributed by atoms with Gasteiger partial charge < -0.3 is 5.32 Å². The van der Waals surface area contributed by atoms with Gasteiger partial charge in [0.1, 0.15) is 6.54 Å². The Morgan fingerprint density at radius 3 is 2.42 bits per heavy atom. The number of urea groups is 1. The molecule has 0 spiro atoms. The Morgan fingerprint density at radius 1 is 1.12 bits per heavy atom. The molecule has 1 aliphatic heterocycles. The second-order valence-electron chi connectivity index (χ2n) is 7.08. The summed E-state index contributed by atoms with van der Waals surface area (Å²) in [5.41, 5.74) is 1.61. The zero-order valence-electron chi connectivity index (χ0n) is 15.0. The molecular formula is C19H23N3O4. The summed E-state index contributed by atoms with van der Waals surface area (Å²) >= 11 is 0. The fraction of sp³-hybridized carbons (Fsp3) is 0.474. The number of amides is 5. The number of rotatable bonds is 5. The quantitative estimate of drug-likeness (QED) is 0.648. The van der Waals surface area contributed by atoms with E-state index in [-0.39, 0.29) is 12.0 Å². The lowest BCUT2D eigenvalue weighted by Crippen LogP contribution is -2.41. The van der Waals surface area contributed by atoms with Crippen molar-refractivity contribution in [1.29, 1.82) is 0 Å². The molecule has 0 aromatic heterocycles. The Kier molecular flexibility index (Phi) is 5.06. The third-order valence-electron chi connectivity index (χ3n) is 4.93. The second kappa shape index (κ2) is 7.27. The van der Waals surface area contributed by atoms with Crippen LogP contribution in [0.25, 0.3) is 0 Å². The van der Waals surface area contributed by atoms with Gasteiger partial charge >= 0.3 is 17.8 Å². The summed E-state index contributed by atoms with van der Waals surface area (Å²) in [4.78, 5) is 51.0. The summed E-state index contributed by atoms with van der Waals surface area (Å²) < 4.78 is 0. The standard InChI is InChI=1S/C19H23N3O4/c1-12(2)14-9-5-6-10-15(14)20-16(23)11-21-17(24)18(25)22(19(21)26)13-7-3-4-8-13/h5-6,9-10,12-13H,3-4,7-8,11H2,1-2H3,(H,20,23). The number of imide groups is 2. The van der Waals surface area contributed by atoms with Crippen molar-refractivity contribution in [2.75, 3.05) is 11.9 Å². The molecule has 2 aliphatic rings. The molecule has 1 saturated carbocycles. The molecule has 1 saturated heterocycles. The summed E-state index contributed by atoms with van der Waals surface area (Å²) in [6.45, 7) is 3.56. The molecule has 0 unspecified atom stereocenters. The number of hydrogen-bond acceptors (Lipinski definition) is 4. The number of anilines is 1. The van der Waals surface area contributed by atoms with E-state index in [9.17, 15) is 19.2 Å². The van der Waals surface area contributed by atoms with E-state index in [1.807, 2.05) is 26.0 Å². The van der Waals surface area contributed by atoms with Crippen LogP contribution in [-0.4, -0.2) is 46.1 Å². The molecular weight excluding hydrogens is 334 g/mol. The van der Waals surface area contributed by atoms with Crippen molar-refractivity contribution < 1.29 is 19.2 Å². The van der Waals surface area contributed by atoms with Crippen LogP contribution >= 0.6 is 0 Å². The zero-order chi connectivity index (χ0) is 18.8. The highest BCUT2D eigenvalue weighted by Gasteiger charge is 2.48. The van der Waals surface area contributed by atoms with E-state index in [0.717, 1.165) is 28.2 Å². The first kappa shape index (κ1) is 18.1. The lowest BCUT2D eigenvalue weighted by Gasteiger charge is -2.21. The predicted molar refractivity (Wildman–Crippen MR) is 95.4 cm³/mol. The summed E-state index contributed by atoms with van der Waals surface area (Å²) in [6.07, 6.45) is 3.30. The minimum Gasteiger partial charge on any atom is -0.324 e. The summed E-state index contributed by atoms with van der Waals surface area (Å²) in [5, 5.41) is 2.74. The average Bonchev–Trinajstić information content (AvgIpc) is 3.19. The molecule has 138 valence electrons. The second-order valence-corrected chi connectivity index (χ2v) is 7.08. The lowest BCUT2D eigenvalue weighted by molar-refractivity contribution is -0.144. The highest BCUT2D eigenvalue weighted by molar-refractivity contribution is 6.45. The number of benzene rings is 1. The van der Waals surface area contributed by atoms with Gasteiger partial charge in [-0.15, -0.1) is 0 Å². The molecule has 0 bridgehead atoms. The summed E-state index contributed by atoms with van der Waals surface area (Å²) in [7, 11) is 0. The van der Waals surface area contributed by atoms with Gasteiger partial charge in [0.25, 0.3) is 0 Å². The molecule has 0 atom stereocenters. The van der Waals surface area contributed by atoms with E-state index < -0.39 is 30.3 Å². The minimum atomic E-state index is -0.922. The SMILES string of the molecule is CC(C)c1ccccc1NC(=O)CN1C(=O)C(=O)N(C2CCCC2)C1=O. The van der Waals surface area contributed by atoms with Crippen molar-refractivity contribution in [2.24, 2.45) is 0 Å². The van der Waals surface area contributed by atoms with Crippen LogP contribution in [0, 0.1) is 0 Å². The molecule has 5 amide bonds. The van der Waals surface area contributed by atoms with Gasteiger partial charge in [-0.3, -0.25) is 19.3 Å². The lowest BCUT2D eigenvalue weighted by atomic mass is 10.0. The van der Waals surface area contributed by atoms with Crippen LogP contribution in [-0.2, 0) is 14.4 Å². The Balaban J connectivity index is 1.70. The van der Waals surface area contributed by atoms with E-state index in [1.165, 1.54) is 0 Å². The van der Waals surface area contributed by atoms with E-state index in [1.54, 1.807) is 12.1 Å². The third kappa shape index (κ3) is 3.34. The summed E-state index contributed by atoms with van der Waals surface area (Å²) in [5.74, 6) is -2.03. The van der Waals surface area contributed by atoms with Crippen molar-refractivity contribution in [3.8, 4) is 0 Å². The number of nitrogens with zero attached hydrogens (tertiary/aromatic N) is 2. The highest BCUT2D eigenvalue weighted by Crippen LogP contribution is 2.28. The summed E-state index contributed by atoms with van der Waals surface area (Å²) in [6, 6.07) is 6.47. The first-order valence-electron chi connectivity index (χ1n) is 8.98. The van der Waals surface area contributed by atoms with Gasteiger partial charge in [-0.1, -0.05) is 44.9 Å². The zero-order valence-corrected chi connectivity index (χ0v) is 15.0. The Labute approximate surface area is 152 Å². The van der Waals surface area contributed by atoms with E-state index >= 15 is 0 Å². The maximum absolute atomic E-state index is 12.5. The van der Waals surface area contributed by atoms with Crippen LogP contribution in [0.4, 0.5) is 10.5 Å². The van der Waals surface area contributed by atoms with Crippen LogP contribution in [0.1, 0.15) is 51.0 Å². The minimum absolute atomic E-state index is 0.209. The van der Waals surface area contributed by atoms with Crippen molar-refractivity contribution in [1.82, 2.24) is 9.80 Å².